The third-order valence-electron chi connectivity index (χ3n) is 6.27. The van der Waals surface area contributed by atoms with Crippen molar-refractivity contribution in [2.45, 2.75) is 69.4 Å². The molecular formula is C23H32N4O3S. The van der Waals surface area contributed by atoms with E-state index in [1.54, 1.807) is 31.2 Å². The molecule has 7 nitrogen and oxygen atoms in total. The second-order valence-corrected chi connectivity index (χ2v) is 11.2. The number of urea groups is 1. The molecule has 1 aromatic heterocycles. The zero-order valence-corrected chi connectivity index (χ0v) is 19.4. The summed E-state index contributed by atoms with van der Waals surface area (Å²) in [6.07, 6.45) is 3.41. The highest BCUT2D eigenvalue weighted by Crippen LogP contribution is 2.41. The third-order valence-corrected chi connectivity index (χ3v) is 8.02. The molecule has 0 bridgehead atoms. The summed E-state index contributed by atoms with van der Waals surface area (Å²) in [4.78, 5) is 14.9. The SMILES string of the molecule is CCS(=O)(=O)c1ccc(CNC(=O)N2CCC(c3cc(C4CC4)nn3C(C)C)C2)cc1. The lowest BCUT2D eigenvalue weighted by atomic mass is 10.0. The fourth-order valence-corrected chi connectivity index (χ4v) is 5.07. The zero-order valence-electron chi connectivity index (χ0n) is 18.5. The van der Waals surface area contributed by atoms with Gasteiger partial charge in [-0.3, -0.25) is 4.68 Å². The number of amides is 2. The van der Waals surface area contributed by atoms with Gasteiger partial charge in [-0.2, -0.15) is 5.10 Å². The van der Waals surface area contributed by atoms with Crippen LogP contribution in [0.4, 0.5) is 4.79 Å². The Bertz CT molecular complexity index is 1040. The van der Waals surface area contributed by atoms with Crippen LogP contribution >= 0.6 is 0 Å². The van der Waals surface area contributed by atoms with Crippen molar-refractivity contribution in [2.75, 3.05) is 18.8 Å². The van der Waals surface area contributed by atoms with E-state index in [1.165, 1.54) is 24.2 Å². The Balaban J connectivity index is 1.35. The van der Waals surface area contributed by atoms with Crippen molar-refractivity contribution in [1.82, 2.24) is 20.0 Å². The summed E-state index contributed by atoms with van der Waals surface area (Å²) in [5.41, 5.74) is 3.34. The molecule has 2 fully saturated rings. The highest BCUT2D eigenvalue weighted by atomic mass is 32.2. The molecule has 31 heavy (non-hydrogen) atoms. The summed E-state index contributed by atoms with van der Waals surface area (Å²) in [5.74, 6) is 1.02. The maximum atomic E-state index is 12.7. The van der Waals surface area contributed by atoms with E-state index in [1.807, 2.05) is 4.90 Å². The van der Waals surface area contributed by atoms with E-state index in [-0.39, 0.29) is 11.8 Å². The first-order valence-corrected chi connectivity index (χ1v) is 12.9. The topological polar surface area (TPSA) is 84.3 Å². The molecule has 0 spiro atoms. The fourth-order valence-electron chi connectivity index (χ4n) is 4.18. The van der Waals surface area contributed by atoms with E-state index in [2.05, 4.69) is 29.9 Å². The molecule has 1 aliphatic carbocycles. The first kappa shape index (κ1) is 21.9. The number of sulfone groups is 1. The van der Waals surface area contributed by atoms with Crippen LogP contribution in [0.3, 0.4) is 0 Å². The number of likely N-dealkylation sites (tertiary alicyclic amines) is 1. The number of hydrogen-bond donors (Lipinski definition) is 1. The number of aromatic nitrogens is 2. The van der Waals surface area contributed by atoms with Gasteiger partial charge in [0.05, 0.1) is 16.3 Å². The summed E-state index contributed by atoms with van der Waals surface area (Å²) in [7, 11) is -3.20. The van der Waals surface area contributed by atoms with E-state index in [9.17, 15) is 13.2 Å². The molecule has 2 aromatic rings. The van der Waals surface area contributed by atoms with Gasteiger partial charge in [-0.15, -0.1) is 0 Å². The molecule has 1 unspecified atom stereocenters. The van der Waals surface area contributed by atoms with Crippen LogP contribution in [0.2, 0.25) is 0 Å². The van der Waals surface area contributed by atoms with E-state index in [0.717, 1.165) is 18.5 Å². The molecule has 8 heteroatoms. The van der Waals surface area contributed by atoms with Gasteiger partial charge in [0.15, 0.2) is 9.84 Å². The second-order valence-electron chi connectivity index (χ2n) is 8.94. The number of carbonyl (C=O) groups excluding carboxylic acids is 1. The maximum absolute atomic E-state index is 12.7. The van der Waals surface area contributed by atoms with Crippen LogP contribution in [-0.2, 0) is 16.4 Å². The molecule has 2 aliphatic rings. The summed E-state index contributed by atoms with van der Waals surface area (Å²) in [6, 6.07) is 9.23. The molecule has 168 valence electrons. The monoisotopic (exact) mass is 444 g/mol. The Labute approximate surface area is 184 Å². The number of hydrogen-bond acceptors (Lipinski definition) is 4. The normalized spacial score (nSPS) is 19.2. The van der Waals surface area contributed by atoms with Crippen molar-refractivity contribution >= 4 is 15.9 Å². The quantitative estimate of drug-likeness (QED) is 0.703. The van der Waals surface area contributed by atoms with Crippen molar-refractivity contribution in [3.05, 3.63) is 47.3 Å². The number of benzene rings is 1. The summed E-state index contributed by atoms with van der Waals surface area (Å²) in [6.45, 7) is 7.75. The largest absolute Gasteiger partial charge is 0.334 e. The molecule has 1 saturated heterocycles. The van der Waals surface area contributed by atoms with Gasteiger partial charge in [-0.05, 0) is 56.9 Å². The number of nitrogens with one attached hydrogen (secondary N) is 1. The predicted molar refractivity (Wildman–Crippen MR) is 120 cm³/mol. The lowest BCUT2D eigenvalue weighted by Crippen LogP contribution is -2.38. The van der Waals surface area contributed by atoms with Gasteiger partial charge in [0.2, 0.25) is 0 Å². The van der Waals surface area contributed by atoms with Crippen LogP contribution in [0.1, 0.15) is 74.9 Å². The van der Waals surface area contributed by atoms with Crippen LogP contribution < -0.4 is 5.32 Å². The average Bonchev–Trinajstić information content (AvgIpc) is 3.32. The summed E-state index contributed by atoms with van der Waals surface area (Å²) >= 11 is 0. The summed E-state index contributed by atoms with van der Waals surface area (Å²) < 4.78 is 26.0. The third kappa shape index (κ3) is 4.79. The van der Waals surface area contributed by atoms with Crippen LogP contribution in [0, 0.1) is 0 Å². The molecular weight excluding hydrogens is 412 g/mol. The number of carbonyl (C=O) groups is 1. The van der Waals surface area contributed by atoms with Gasteiger partial charge in [-0.25, -0.2) is 13.2 Å². The van der Waals surface area contributed by atoms with E-state index < -0.39 is 9.84 Å². The predicted octanol–water partition coefficient (Wildman–Crippen LogP) is 3.83. The Hall–Kier alpha value is -2.35. The minimum atomic E-state index is -3.20. The first-order valence-electron chi connectivity index (χ1n) is 11.2. The Morgan fingerprint density at radius 3 is 2.48 bits per heavy atom. The fraction of sp³-hybridized carbons (Fsp3) is 0.565. The average molecular weight is 445 g/mol. The summed E-state index contributed by atoms with van der Waals surface area (Å²) in [5, 5.41) is 7.82. The van der Waals surface area contributed by atoms with E-state index in [4.69, 9.17) is 5.10 Å². The van der Waals surface area contributed by atoms with Gasteiger partial charge >= 0.3 is 6.03 Å². The van der Waals surface area contributed by atoms with Crippen LogP contribution in [0.15, 0.2) is 35.2 Å². The molecule has 1 atom stereocenters. The van der Waals surface area contributed by atoms with Gasteiger partial charge in [0, 0.05) is 43.2 Å². The van der Waals surface area contributed by atoms with Crippen molar-refractivity contribution in [2.24, 2.45) is 0 Å². The lowest BCUT2D eigenvalue weighted by Gasteiger charge is -2.19. The minimum Gasteiger partial charge on any atom is -0.334 e. The van der Waals surface area contributed by atoms with Crippen molar-refractivity contribution in [3.63, 3.8) is 0 Å². The maximum Gasteiger partial charge on any atom is 0.317 e. The van der Waals surface area contributed by atoms with Gasteiger partial charge < -0.3 is 10.2 Å². The van der Waals surface area contributed by atoms with E-state index in [0.29, 0.717) is 35.9 Å². The molecule has 4 rings (SSSR count). The highest BCUT2D eigenvalue weighted by molar-refractivity contribution is 7.91. The zero-order chi connectivity index (χ0) is 22.2. The molecule has 0 radical (unpaired) electrons. The Morgan fingerprint density at radius 1 is 1.16 bits per heavy atom. The lowest BCUT2D eigenvalue weighted by molar-refractivity contribution is 0.207. The highest BCUT2D eigenvalue weighted by Gasteiger charge is 2.33. The first-order chi connectivity index (χ1) is 14.8. The van der Waals surface area contributed by atoms with Crippen LogP contribution in [-0.4, -0.2) is 48.0 Å². The number of rotatable bonds is 7. The smallest absolute Gasteiger partial charge is 0.317 e. The number of nitrogens with zero attached hydrogens (tertiary/aromatic N) is 3. The second kappa shape index (κ2) is 8.65. The molecule has 1 aromatic carbocycles. The van der Waals surface area contributed by atoms with Crippen molar-refractivity contribution < 1.29 is 13.2 Å². The van der Waals surface area contributed by atoms with Crippen LogP contribution in [0.25, 0.3) is 0 Å². The van der Waals surface area contributed by atoms with Crippen LogP contribution in [0.5, 0.6) is 0 Å². The molecule has 2 amide bonds. The standard InChI is InChI=1S/C23H32N4O3S/c1-4-31(29,30)20-9-5-17(6-10-20)14-24-23(28)26-12-11-19(15-26)22-13-21(18-7-8-18)25-27(22)16(2)3/h5-6,9-10,13,16,18-19H,4,7-8,11-12,14-15H2,1-3H3,(H,24,28). The van der Waals surface area contributed by atoms with Gasteiger partial charge in [0.1, 0.15) is 0 Å². The molecule has 1 saturated carbocycles. The molecule has 1 N–H and O–H groups in total. The van der Waals surface area contributed by atoms with E-state index >= 15 is 0 Å². The van der Waals surface area contributed by atoms with Crippen molar-refractivity contribution in [3.8, 4) is 0 Å². The van der Waals surface area contributed by atoms with Crippen molar-refractivity contribution in [1.29, 1.82) is 0 Å². The Morgan fingerprint density at radius 2 is 1.87 bits per heavy atom. The Kier molecular flexibility index (Phi) is 6.10. The minimum absolute atomic E-state index is 0.0780. The van der Waals surface area contributed by atoms with Gasteiger partial charge in [0.25, 0.3) is 0 Å². The molecule has 1 aliphatic heterocycles. The van der Waals surface area contributed by atoms with Gasteiger partial charge in [-0.1, -0.05) is 19.1 Å². The molecule has 2 heterocycles.